The van der Waals surface area contributed by atoms with Crippen molar-refractivity contribution in [2.24, 2.45) is 5.41 Å². The highest BCUT2D eigenvalue weighted by atomic mass is 16.6. The summed E-state index contributed by atoms with van der Waals surface area (Å²) in [5.74, 6) is -0.120. The number of carbonyl (C=O) groups excluding carboxylic acids is 3. The smallest absolute Gasteiger partial charge is 0.307 e. The average Bonchev–Trinajstić information content (AvgIpc) is 2.54. The molecule has 1 saturated heterocycles. The van der Waals surface area contributed by atoms with E-state index in [1.165, 1.54) is 6.92 Å². The topological polar surface area (TPSA) is 60.4 Å². The number of Topliss-reactive ketones (excluding diaryl/α,β-unsaturated/α-hetero) is 2. The highest BCUT2D eigenvalue weighted by Crippen LogP contribution is 2.46. The molecule has 0 spiro atoms. The number of fused-ring (bicyclic) bond motifs is 1. The van der Waals surface area contributed by atoms with Gasteiger partial charge in [-0.1, -0.05) is 0 Å². The van der Waals surface area contributed by atoms with Gasteiger partial charge in [-0.05, 0) is 26.2 Å². The van der Waals surface area contributed by atoms with Crippen molar-refractivity contribution in [3.8, 4) is 0 Å². The Morgan fingerprint density at radius 3 is 2.94 bits per heavy atom. The molecule has 1 saturated carbocycles. The Kier molecular flexibility index (Phi) is 2.82. The van der Waals surface area contributed by atoms with Gasteiger partial charge in [-0.25, -0.2) is 0 Å². The Labute approximate surface area is 94.3 Å². The SMILES string of the molecule is CC(=O)CC[C@@]12CC(=O)O[C@H]1CCCC2=O. The highest BCUT2D eigenvalue weighted by molar-refractivity contribution is 5.93. The van der Waals surface area contributed by atoms with Gasteiger partial charge in [0, 0.05) is 12.8 Å². The first-order valence-corrected chi connectivity index (χ1v) is 5.77. The van der Waals surface area contributed by atoms with Gasteiger partial charge in [0.2, 0.25) is 0 Å². The summed E-state index contributed by atoms with van der Waals surface area (Å²) in [7, 11) is 0. The molecule has 1 aliphatic heterocycles. The van der Waals surface area contributed by atoms with Crippen LogP contribution < -0.4 is 0 Å². The number of hydrogen-bond acceptors (Lipinski definition) is 4. The van der Waals surface area contributed by atoms with Crippen LogP contribution in [0.15, 0.2) is 0 Å². The van der Waals surface area contributed by atoms with Gasteiger partial charge in [-0.2, -0.15) is 0 Å². The zero-order chi connectivity index (χ0) is 11.8. The summed E-state index contributed by atoms with van der Waals surface area (Å²) in [6.45, 7) is 1.51. The molecule has 0 aromatic carbocycles. The monoisotopic (exact) mass is 224 g/mol. The summed E-state index contributed by atoms with van der Waals surface area (Å²) in [6.07, 6.45) is 2.79. The van der Waals surface area contributed by atoms with Crippen molar-refractivity contribution in [2.75, 3.05) is 0 Å². The highest BCUT2D eigenvalue weighted by Gasteiger charge is 2.54. The van der Waals surface area contributed by atoms with Crippen LogP contribution >= 0.6 is 0 Å². The number of rotatable bonds is 3. The van der Waals surface area contributed by atoms with Crippen molar-refractivity contribution < 1.29 is 19.1 Å². The largest absolute Gasteiger partial charge is 0.461 e. The molecule has 0 N–H and O–H groups in total. The van der Waals surface area contributed by atoms with Crippen molar-refractivity contribution in [2.45, 2.75) is 51.6 Å². The molecule has 0 unspecified atom stereocenters. The molecule has 0 amide bonds. The second-order valence-corrected chi connectivity index (χ2v) is 4.83. The van der Waals surface area contributed by atoms with Gasteiger partial charge < -0.3 is 9.53 Å². The molecule has 4 heteroatoms. The Hall–Kier alpha value is -1.19. The van der Waals surface area contributed by atoms with Crippen LogP contribution in [-0.2, 0) is 19.1 Å². The van der Waals surface area contributed by atoms with Crippen LogP contribution in [0.3, 0.4) is 0 Å². The van der Waals surface area contributed by atoms with Crippen molar-refractivity contribution in [3.05, 3.63) is 0 Å². The average molecular weight is 224 g/mol. The number of esters is 1. The summed E-state index contributed by atoms with van der Waals surface area (Å²) in [5, 5.41) is 0. The Bertz CT molecular complexity index is 347. The molecule has 0 bridgehead atoms. The number of ether oxygens (including phenoxy) is 1. The lowest BCUT2D eigenvalue weighted by molar-refractivity contribution is -0.144. The summed E-state index contributed by atoms with van der Waals surface area (Å²) < 4.78 is 5.20. The van der Waals surface area contributed by atoms with Crippen LogP contribution in [0.2, 0.25) is 0 Å². The van der Waals surface area contributed by atoms with Crippen LogP contribution in [-0.4, -0.2) is 23.6 Å². The molecule has 0 radical (unpaired) electrons. The third-order valence-corrected chi connectivity index (χ3v) is 3.70. The summed E-state index contributed by atoms with van der Waals surface area (Å²) in [4.78, 5) is 34.4. The number of hydrogen-bond donors (Lipinski definition) is 0. The van der Waals surface area contributed by atoms with Gasteiger partial charge in [-0.15, -0.1) is 0 Å². The molecule has 4 nitrogen and oxygen atoms in total. The standard InChI is InChI=1S/C12H16O4/c1-8(13)5-6-12-7-11(15)16-10(12)4-2-3-9(12)14/h10H,2-7H2,1H3/t10-,12-/m0/s1. The van der Waals surface area contributed by atoms with Crippen molar-refractivity contribution >= 4 is 17.5 Å². The van der Waals surface area contributed by atoms with Crippen LogP contribution in [0.5, 0.6) is 0 Å². The van der Waals surface area contributed by atoms with E-state index in [1.807, 2.05) is 0 Å². The van der Waals surface area contributed by atoms with Crippen LogP contribution in [0.25, 0.3) is 0 Å². The normalized spacial score (nSPS) is 33.4. The summed E-state index contributed by atoms with van der Waals surface area (Å²) in [5.41, 5.74) is -0.680. The quantitative estimate of drug-likeness (QED) is 0.680. The zero-order valence-electron chi connectivity index (χ0n) is 9.45. The fraction of sp³-hybridized carbons (Fsp3) is 0.750. The van der Waals surface area contributed by atoms with Crippen molar-refractivity contribution in [1.82, 2.24) is 0 Å². The molecule has 1 aliphatic carbocycles. The van der Waals surface area contributed by atoms with E-state index < -0.39 is 5.41 Å². The zero-order valence-corrected chi connectivity index (χ0v) is 9.45. The number of ketones is 2. The Morgan fingerprint density at radius 1 is 1.50 bits per heavy atom. The van der Waals surface area contributed by atoms with Gasteiger partial charge in [-0.3, -0.25) is 9.59 Å². The maximum Gasteiger partial charge on any atom is 0.307 e. The first kappa shape index (κ1) is 11.3. The van der Waals surface area contributed by atoms with E-state index in [-0.39, 0.29) is 30.1 Å². The minimum Gasteiger partial charge on any atom is -0.461 e. The lowest BCUT2D eigenvalue weighted by atomic mass is 9.67. The van der Waals surface area contributed by atoms with Gasteiger partial charge in [0.15, 0.2) is 0 Å². The van der Waals surface area contributed by atoms with E-state index in [4.69, 9.17) is 4.74 Å². The van der Waals surface area contributed by atoms with Gasteiger partial charge >= 0.3 is 5.97 Å². The van der Waals surface area contributed by atoms with E-state index in [0.29, 0.717) is 19.3 Å². The molecule has 2 fully saturated rings. The molecule has 0 aromatic rings. The lowest BCUT2D eigenvalue weighted by Gasteiger charge is -2.34. The minimum absolute atomic E-state index is 0.0610. The van der Waals surface area contributed by atoms with Gasteiger partial charge in [0.25, 0.3) is 0 Å². The molecule has 88 valence electrons. The number of carbonyl (C=O) groups is 3. The lowest BCUT2D eigenvalue weighted by Crippen LogP contribution is -2.42. The first-order chi connectivity index (χ1) is 7.54. The molecule has 2 rings (SSSR count). The Morgan fingerprint density at radius 2 is 2.25 bits per heavy atom. The molecular weight excluding hydrogens is 208 g/mol. The maximum atomic E-state index is 12.0. The van der Waals surface area contributed by atoms with E-state index in [0.717, 1.165) is 12.8 Å². The molecule has 16 heavy (non-hydrogen) atoms. The molecule has 2 aliphatic rings. The van der Waals surface area contributed by atoms with Crippen molar-refractivity contribution in [1.29, 1.82) is 0 Å². The minimum atomic E-state index is -0.680. The third kappa shape index (κ3) is 1.77. The molecule has 0 aromatic heterocycles. The first-order valence-electron chi connectivity index (χ1n) is 5.77. The van der Waals surface area contributed by atoms with Gasteiger partial charge in [0.1, 0.15) is 17.7 Å². The van der Waals surface area contributed by atoms with Crippen LogP contribution in [0.4, 0.5) is 0 Å². The predicted octanol–water partition coefficient (Wildman–Crippen LogP) is 1.41. The Balaban J connectivity index is 2.20. The second kappa shape index (κ2) is 4.00. The fourth-order valence-corrected chi connectivity index (χ4v) is 2.78. The third-order valence-electron chi connectivity index (χ3n) is 3.70. The van der Waals surface area contributed by atoms with Crippen LogP contribution in [0, 0.1) is 5.41 Å². The van der Waals surface area contributed by atoms with E-state index in [1.54, 1.807) is 0 Å². The maximum absolute atomic E-state index is 12.0. The molecular formula is C12H16O4. The van der Waals surface area contributed by atoms with Crippen LogP contribution in [0.1, 0.15) is 45.4 Å². The van der Waals surface area contributed by atoms with Gasteiger partial charge in [0.05, 0.1) is 11.8 Å². The molecule has 1 heterocycles. The fourth-order valence-electron chi connectivity index (χ4n) is 2.78. The summed E-state index contributed by atoms with van der Waals surface area (Å²) >= 11 is 0. The second-order valence-electron chi connectivity index (χ2n) is 4.83. The van der Waals surface area contributed by atoms with E-state index >= 15 is 0 Å². The van der Waals surface area contributed by atoms with E-state index in [9.17, 15) is 14.4 Å². The summed E-state index contributed by atoms with van der Waals surface area (Å²) in [6, 6.07) is 0. The van der Waals surface area contributed by atoms with Crippen molar-refractivity contribution in [3.63, 3.8) is 0 Å². The van der Waals surface area contributed by atoms with E-state index in [2.05, 4.69) is 0 Å². The predicted molar refractivity (Wildman–Crippen MR) is 55.7 cm³/mol. The molecule has 2 atom stereocenters.